The molecule has 0 saturated carbocycles. The Morgan fingerprint density at radius 2 is 1.67 bits per heavy atom. The van der Waals surface area contributed by atoms with Gasteiger partial charge in [0.25, 0.3) is 0 Å². The maximum Gasteiger partial charge on any atom is 0.0222 e. The Kier molecular flexibility index (Phi) is 6.42. The summed E-state index contributed by atoms with van der Waals surface area (Å²) in [6.07, 6.45) is 5.43. The zero-order chi connectivity index (χ0) is 18.1. The third-order valence-electron chi connectivity index (χ3n) is 6.70. The van der Waals surface area contributed by atoms with E-state index in [2.05, 4.69) is 70.3 Å². The van der Waals surface area contributed by atoms with Gasteiger partial charge in [0.15, 0.2) is 0 Å². The van der Waals surface area contributed by atoms with Gasteiger partial charge in [0.1, 0.15) is 0 Å². The standard InChI is InChI=1S/C21H43N3/c1-20(2,3)17-11-13-22(7)19(14-17)15-23(8)18-10-9-12-24(16-18)21(4,5)6/h17-19H,9-16H2,1-8H3. The summed E-state index contributed by atoms with van der Waals surface area (Å²) in [5, 5.41) is 0. The predicted molar refractivity (Wildman–Crippen MR) is 106 cm³/mol. The van der Waals surface area contributed by atoms with Crippen LogP contribution in [0.1, 0.15) is 67.2 Å². The maximum absolute atomic E-state index is 2.68. The van der Waals surface area contributed by atoms with E-state index in [1.807, 2.05) is 0 Å². The molecule has 2 rings (SSSR count). The number of likely N-dealkylation sites (N-methyl/N-ethyl adjacent to an activating group) is 2. The van der Waals surface area contributed by atoms with Crippen LogP contribution in [0.2, 0.25) is 0 Å². The van der Waals surface area contributed by atoms with Crippen LogP contribution in [0.25, 0.3) is 0 Å². The van der Waals surface area contributed by atoms with E-state index in [-0.39, 0.29) is 0 Å². The van der Waals surface area contributed by atoms with Crippen LogP contribution in [0.15, 0.2) is 0 Å². The molecule has 0 aromatic rings. The van der Waals surface area contributed by atoms with Crippen molar-refractivity contribution >= 4 is 0 Å². The number of piperidine rings is 2. The van der Waals surface area contributed by atoms with Gasteiger partial charge in [-0.1, -0.05) is 20.8 Å². The summed E-state index contributed by atoms with van der Waals surface area (Å²) in [5.41, 5.74) is 0.754. The Labute approximate surface area is 151 Å². The van der Waals surface area contributed by atoms with Crippen LogP contribution in [-0.2, 0) is 0 Å². The summed E-state index contributed by atoms with van der Waals surface area (Å²) in [7, 11) is 4.70. The average molecular weight is 338 g/mol. The van der Waals surface area contributed by atoms with Gasteiger partial charge in [-0.2, -0.15) is 0 Å². The molecule has 2 fully saturated rings. The monoisotopic (exact) mass is 337 g/mol. The fourth-order valence-corrected chi connectivity index (χ4v) is 4.57. The van der Waals surface area contributed by atoms with Crippen molar-refractivity contribution in [1.82, 2.24) is 14.7 Å². The second-order valence-electron chi connectivity index (χ2n) is 10.6. The summed E-state index contributed by atoms with van der Waals surface area (Å²) in [5.74, 6) is 0.865. The normalized spacial score (nSPS) is 31.6. The Bertz CT molecular complexity index is 393. The van der Waals surface area contributed by atoms with Crippen LogP contribution < -0.4 is 0 Å². The van der Waals surface area contributed by atoms with Gasteiger partial charge in [0, 0.05) is 30.7 Å². The summed E-state index contributed by atoms with van der Waals surface area (Å²) < 4.78 is 0. The molecule has 3 atom stereocenters. The van der Waals surface area contributed by atoms with Gasteiger partial charge in [-0.05, 0) is 85.0 Å². The highest BCUT2D eigenvalue weighted by Gasteiger charge is 2.35. The molecule has 0 spiro atoms. The molecule has 3 nitrogen and oxygen atoms in total. The Hall–Kier alpha value is -0.120. The fraction of sp³-hybridized carbons (Fsp3) is 1.00. The van der Waals surface area contributed by atoms with E-state index in [4.69, 9.17) is 0 Å². The van der Waals surface area contributed by atoms with E-state index in [0.29, 0.717) is 11.0 Å². The first-order chi connectivity index (χ1) is 11.0. The van der Waals surface area contributed by atoms with E-state index >= 15 is 0 Å². The lowest BCUT2D eigenvalue weighted by molar-refractivity contribution is 0.0230. The zero-order valence-electron chi connectivity index (χ0n) is 17.7. The van der Waals surface area contributed by atoms with Crippen molar-refractivity contribution in [2.24, 2.45) is 11.3 Å². The molecule has 0 aromatic heterocycles. The lowest BCUT2D eigenvalue weighted by Gasteiger charge is -2.47. The molecule has 0 radical (unpaired) electrons. The molecule has 0 amide bonds. The third kappa shape index (κ3) is 5.19. The van der Waals surface area contributed by atoms with Crippen molar-refractivity contribution in [2.45, 2.75) is 84.8 Å². The van der Waals surface area contributed by atoms with E-state index in [9.17, 15) is 0 Å². The Morgan fingerprint density at radius 1 is 1.00 bits per heavy atom. The maximum atomic E-state index is 2.68. The van der Waals surface area contributed by atoms with Gasteiger partial charge >= 0.3 is 0 Å². The van der Waals surface area contributed by atoms with E-state index in [0.717, 1.165) is 18.0 Å². The molecule has 0 aromatic carbocycles. The molecule has 0 N–H and O–H groups in total. The van der Waals surface area contributed by atoms with Crippen molar-refractivity contribution in [3.63, 3.8) is 0 Å². The van der Waals surface area contributed by atoms with Gasteiger partial charge in [0.2, 0.25) is 0 Å². The highest BCUT2D eigenvalue weighted by molar-refractivity contribution is 4.90. The van der Waals surface area contributed by atoms with E-state index < -0.39 is 0 Å². The van der Waals surface area contributed by atoms with Gasteiger partial charge in [-0.3, -0.25) is 4.90 Å². The van der Waals surface area contributed by atoms with Gasteiger partial charge in [-0.25, -0.2) is 0 Å². The molecule has 0 aliphatic carbocycles. The van der Waals surface area contributed by atoms with Crippen LogP contribution in [-0.4, -0.2) is 72.6 Å². The second-order valence-corrected chi connectivity index (χ2v) is 10.6. The van der Waals surface area contributed by atoms with Gasteiger partial charge in [-0.15, -0.1) is 0 Å². The molecular weight excluding hydrogens is 294 g/mol. The van der Waals surface area contributed by atoms with Crippen LogP contribution in [0, 0.1) is 11.3 Å². The summed E-state index contributed by atoms with van der Waals surface area (Å²) in [6.45, 7) is 19.3. The van der Waals surface area contributed by atoms with E-state index in [1.54, 1.807) is 0 Å². The minimum Gasteiger partial charge on any atom is -0.302 e. The van der Waals surface area contributed by atoms with Crippen molar-refractivity contribution < 1.29 is 0 Å². The van der Waals surface area contributed by atoms with Crippen molar-refractivity contribution in [3.05, 3.63) is 0 Å². The van der Waals surface area contributed by atoms with Crippen LogP contribution in [0.4, 0.5) is 0 Å². The first-order valence-corrected chi connectivity index (χ1v) is 10.1. The van der Waals surface area contributed by atoms with Crippen LogP contribution >= 0.6 is 0 Å². The SMILES string of the molecule is CN1CCC(C(C)(C)C)CC1CN(C)C1CCCN(C(C)(C)C)C1. The summed E-state index contributed by atoms with van der Waals surface area (Å²) in [4.78, 5) is 7.97. The highest BCUT2D eigenvalue weighted by atomic mass is 15.3. The first-order valence-electron chi connectivity index (χ1n) is 10.1. The predicted octanol–water partition coefficient (Wildman–Crippen LogP) is 3.94. The zero-order valence-corrected chi connectivity index (χ0v) is 17.7. The molecule has 2 saturated heterocycles. The van der Waals surface area contributed by atoms with Gasteiger partial charge in [0.05, 0.1) is 0 Å². The lowest BCUT2D eigenvalue weighted by Crippen LogP contribution is -2.55. The molecular formula is C21H43N3. The summed E-state index contributed by atoms with van der Waals surface area (Å²) in [6, 6.07) is 1.44. The third-order valence-corrected chi connectivity index (χ3v) is 6.70. The number of hydrogen-bond acceptors (Lipinski definition) is 3. The van der Waals surface area contributed by atoms with E-state index in [1.165, 1.54) is 51.9 Å². The minimum absolute atomic E-state index is 0.304. The minimum atomic E-state index is 0.304. The van der Waals surface area contributed by atoms with Crippen LogP contribution in [0.3, 0.4) is 0 Å². The second kappa shape index (κ2) is 7.63. The smallest absolute Gasteiger partial charge is 0.0222 e. The highest BCUT2D eigenvalue weighted by Crippen LogP contribution is 2.36. The van der Waals surface area contributed by atoms with Gasteiger partial charge < -0.3 is 9.80 Å². The number of likely N-dealkylation sites (tertiary alicyclic amines) is 2. The Morgan fingerprint density at radius 3 is 2.25 bits per heavy atom. The molecule has 3 heteroatoms. The molecule has 2 aliphatic heterocycles. The van der Waals surface area contributed by atoms with Crippen molar-refractivity contribution in [1.29, 1.82) is 0 Å². The molecule has 0 bridgehead atoms. The first kappa shape index (κ1) is 20.2. The largest absolute Gasteiger partial charge is 0.302 e. The number of nitrogens with zero attached hydrogens (tertiary/aromatic N) is 3. The lowest BCUT2D eigenvalue weighted by atomic mass is 9.73. The molecule has 142 valence electrons. The quantitative estimate of drug-likeness (QED) is 0.772. The average Bonchev–Trinajstić information content (AvgIpc) is 2.47. The van der Waals surface area contributed by atoms with Crippen molar-refractivity contribution in [2.75, 3.05) is 40.3 Å². The molecule has 3 unspecified atom stereocenters. The molecule has 2 heterocycles. The topological polar surface area (TPSA) is 9.72 Å². The molecule has 24 heavy (non-hydrogen) atoms. The molecule has 2 aliphatic rings. The van der Waals surface area contributed by atoms with Crippen molar-refractivity contribution in [3.8, 4) is 0 Å². The number of rotatable bonds is 3. The fourth-order valence-electron chi connectivity index (χ4n) is 4.57. The summed E-state index contributed by atoms with van der Waals surface area (Å²) >= 11 is 0. The Balaban J connectivity index is 1.93. The number of hydrogen-bond donors (Lipinski definition) is 0. The van der Waals surface area contributed by atoms with Crippen LogP contribution in [0.5, 0.6) is 0 Å².